The Morgan fingerprint density at radius 3 is 2.65 bits per heavy atom. The molecule has 1 aromatic heterocycles. The molecule has 164 valence electrons. The second-order valence-electron chi connectivity index (χ2n) is 7.10. The fraction of sp³-hybridized carbons (Fsp3) is 0.273. The number of nitrogens with one attached hydrogen (secondary N) is 1. The maximum absolute atomic E-state index is 12.6. The molecule has 3 aromatic rings. The number of amides is 1. The lowest BCUT2D eigenvalue weighted by molar-refractivity contribution is -0.118. The number of carbonyl (C=O) groups is 1. The van der Waals surface area contributed by atoms with Crippen molar-refractivity contribution < 1.29 is 22.4 Å². The maximum atomic E-state index is 12.6. The maximum Gasteiger partial charge on any atom is 0.235 e. The van der Waals surface area contributed by atoms with Gasteiger partial charge >= 0.3 is 0 Å². The Kier molecular flexibility index (Phi) is 7.17. The number of sulfone groups is 1. The highest BCUT2D eigenvalue weighted by molar-refractivity contribution is 9.10. The fourth-order valence-electron chi connectivity index (χ4n) is 3.08. The Balaban J connectivity index is 1.66. The molecule has 0 bridgehead atoms. The molecule has 0 saturated carbocycles. The van der Waals surface area contributed by atoms with Crippen molar-refractivity contribution in [1.82, 2.24) is 10.3 Å². The highest BCUT2D eigenvalue weighted by Gasteiger charge is 2.22. The zero-order valence-corrected chi connectivity index (χ0v) is 19.8. The number of benzene rings is 2. The summed E-state index contributed by atoms with van der Waals surface area (Å²) in [7, 11) is -2.21. The van der Waals surface area contributed by atoms with E-state index < -0.39 is 21.5 Å². The number of ether oxygens (including phenoxy) is 1. The van der Waals surface area contributed by atoms with Crippen LogP contribution in [0, 0.1) is 13.8 Å². The molecule has 0 atom stereocenters. The molecule has 0 saturated heterocycles. The standard InChI is InChI=1S/C22H23BrN2O5S/c1-14-6-4-5-7-18(14)22-25-19(15(2)30-22)12-31(27,28)13-21(26)24-11-16-10-17(23)8-9-20(16)29-3/h4-10H,11-13H2,1-3H3,(H,24,26). The molecule has 7 nitrogen and oxygen atoms in total. The van der Waals surface area contributed by atoms with Gasteiger partial charge in [0.2, 0.25) is 11.8 Å². The first-order chi connectivity index (χ1) is 14.7. The Morgan fingerprint density at radius 2 is 1.94 bits per heavy atom. The molecule has 0 aliphatic rings. The molecule has 0 radical (unpaired) electrons. The third kappa shape index (κ3) is 5.95. The molecule has 1 N–H and O–H groups in total. The molecule has 9 heteroatoms. The summed E-state index contributed by atoms with van der Waals surface area (Å²) in [6.07, 6.45) is 0. The van der Waals surface area contributed by atoms with Gasteiger partial charge in [-0.1, -0.05) is 34.1 Å². The van der Waals surface area contributed by atoms with E-state index in [2.05, 4.69) is 26.2 Å². The highest BCUT2D eigenvalue weighted by atomic mass is 79.9. The van der Waals surface area contributed by atoms with E-state index in [4.69, 9.17) is 9.15 Å². The zero-order valence-electron chi connectivity index (χ0n) is 17.4. The Morgan fingerprint density at radius 1 is 1.19 bits per heavy atom. The first-order valence-electron chi connectivity index (χ1n) is 9.50. The number of hydrogen-bond acceptors (Lipinski definition) is 6. The number of methoxy groups -OCH3 is 1. The summed E-state index contributed by atoms with van der Waals surface area (Å²) in [5.41, 5.74) is 2.81. The average molecular weight is 507 g/mol. The summed E-state index contributed by atoms with van der Waals surface area (Å²) in [5, 5.41) is 2.63. The lowest BCUT2D eigenvalue weighted by Gasteiger charge is -2.10. The number of nitrogens with zero attached hydrogens (tertiary/aromatic N) is 1. The Hall–Kier alpha value is -2.65. The van der Waals surface area contributed by atoms with E-state index >= 15 is 0 Å². The largest absolute Gasteiger partial charge is 0.496 e. The van der Waals surface area contributed by atoms with Gasteiger partial charge in [-0.2, -0.15) is 0 Å². The van der Waals surface area contributed by atoms with Gasteiger partial charge in [0.1, 0.15) is 17.3 Å². The molecule has 0 aliphatic carbocycles. The number of halogens is 1. The summed E-state index contributed by atoms with van der Waals surface area (Å²) >= 11 is 3.37. The van der Waals surface area contributed by atoms with Gasteiger partial charge < -0.3 is 14.5 Å². The molecule has 1 heterocycles. The first kappa shape index (κ1) is 23.0. The van der Waals surface area contributed by atoms with Gasteiger partial charge in [0.05, 0.1) is 18.6 Å². The first-order valence-corrected chi connectivity index (χ1v) is 12.1. The summed E-state index contributed by atoms with van der Waals surface area (Å²) in [4.78, 5) is 16.6. The van der Waals surface area contributed by atoms with Crippen LogP contribution in [0.2, 0.25) is 0 Å². The van der Waals surface area contributed by atoms with Gasteiger partial charge in [-0.15, -0.1) is 0 Å². The van der Waals surface area contributed by atoms with Crippen LogP contribution in [0.15, 0.2) is 51.4 Å². The number of oxazole rings is 1. The molecule has 2 aromatic carbocycles. The third-order valence-electron chi connectivity index (χ3n) is 4.69. The van der Waals surface area contributed by atoms with Crippen molar-refractivity contribution in [1.29, 1.82) is 0 Å². The van der Waals surface area contributed by atoms with Gasteiger partial charge in [0, 0.05) is 22.1 Å². The highest BCUT2D eigenvalue weighted by Crippen LogP contribution is 2.26. The van der Waals surface area contributed by atoms with E-state index in [9.17, 15) is 13.2 Å². The molecule has 1 amide bonds. The fourth-order valence-corrected chi connectivity index (χ4v) is 4.78. The molecular weight excluding hydrogens is 484 g/mol. The minimum atomic E-state index is -3.74. The lowest BCUT2D eigenvalue weighted by Crippen LogP contribution is -2.30. The van der Waals surface area contributed by atoms with Crippen molar-refractivity contribution in [3.05, 3.63) is 69.5 Å². The average Bonchev–Trinajstić information content (AvgIpc) is 3.05. The van der Waals surface area contributed by atoms with E-state index in [0.29, 0.717) is 23.1 Å². The van der Waals surface area contributed by atoms with Gasteiger partial charge in [-0.25, -0.2) is 13.4 Å². The molecule has 0 unspecified atom stereocenters. The van der Waals surface area contributed by atoms with Crippen molar-refractivity contribution in [2.75, 3.05) is 12.9 Å². The third-order valence-corrected chi connectivity index (χ3v) is 6.60. The quantitative estimate of drug-likeness (QED) is 0.496. The van der Waals surface area contributed by atoms with Crippen LogP contribution in [-0.2, 0) is 26.9 Å². The Bertz CT molecular complexity index is 1200. The van der Waals surface area contributed by atoms with Crippen molar-refractivity contribution in [3.8, 4) is 17.2 Å². The topological polar surface area (TPSA) is 98.5 Å². The smallest absolute Gasteiger partial charge is 0.235 e. The number of rotatable bonds is 8. The van der Waals surface area contributed by atoms with Gasteiger partial charge in [0.15, 0.2) is 9.84 Å². The molecule has 3 rings (SSSR count). The number of hydrogen-bond donors (Lipinski definition) is 1. The van der Waals surface area contributed by atoms with E-state index in [-0.39, 0.29) is 12.3 Å². The SMILES string of the molecule is COc1ccc(Br)cc1CNC(=O)CS(=O)(=O)Cc1nc(-c2ccccc2C)oc1C. The second kappa shape index (κ2) is 9.65. The van der Waals surface area contributed by atoms with Gasteiger partial charge in [-0.3, -0.25) is 4.79 Å². The number of aromatic nitrogens is 1. The normalized spacial score (nSPS) is 11.4. The number of carbonyl (C=O) groups excluding carboxylic acids is 1. The summed E-state index contributed by atoms with van der Waals surface area (Å²) < 4.78 is 37.0. The van der Waals surface area contributed by atoms with Gasteiger partial charge in [0.25, 0.3) is 0 Å². The second-order valence-corrected chi connectivity index (χ2v) is 10.1. The van der Waals surface area contributed by atoms with Crippen LogP contribution >= 0.6 is 15.9 Å². The molecule has 0 aliphatic heterocycles. The van der Waals surface area contributed by atoms with E-state index in [1.54, 1.807) is 19.1 Å². The summed E-state index contributed by atoms with van der Waals surface area (Å²) in [6, 6.07) is 12.9. The van der Waals surface area contributed by atoms with E-state index in [1.165, 1.54) is 7.11 Å². The molecule has 31 heavy (non-hydrogen) atoms. The minimum absolute atomic E-state index is 0.150. The van der Waals surface area contributed by atoms with Crippen LogP contribution in [0.1, 0.15) is 22.6 Å². The van der Waals surface area contributed by atoms with Gasteiger partial charge in [-0.05, 0) is 43.7 Å². The van der Waals surface area contributed by atoms with E-state index in [1.807, 2.05) is 37.3 Å². The predicted octanol–water partition coefficient (Wildman–Crippen LogP) is 3.96. The van der Waals surface area contributed by atoms with Crippen LogP contribution in [0.25, 0.3) is 11.5 Å². The van der Waals surface area contributed by atoms with Crippen molar-refractivity contribution in [2.45, 2.75) is 26.1 Å². The summed E-state index contributed by atoms with van der Waals surface area (Å²) in [5.74, 6) is -0.222. The van der Waals surface area contributed by atoms with Crippen molar-refractivity contribution >= 4 is 31.7 Å². The molecular formula is C22H23BrN2O5S. The van der Waals surface area contributed by atoms with Crippen LogP contribution in [-0.4, -0.2) is 32.2 Å². The van der Waals surface area contributed by atoms with E-state index in [0.717, 1.165) is 21.2 Å². The van der Waals surface area contributed by atoms with Crippen LogP contribution in [0.3, 0.4) is 0 Å². The monoisotopic (exact) mass is 506 g/mol. The molecule has 0 fully saturated rings. The van der Waals surface area contributed by atoms with Crippen molar-refractivity contribution in [3.63, 3.8) is 0 Å². The summed E-state index contributed by atoms with van der Waals surface area (Å²) in [6.45, 7) is 3.74. The molecule has 0 spiro atoms. The zero-order chi connectivity index (χ0) is 22.6. The van der Waals surface area contributed by atoms with Crippen LogP contribution < -0.4 is 10.1 Å². The number of aryl methyl sites for hydroxylation is 2. The van der Waals surface area contributed by atoms with Crippen LogP contribution in [0.5, 0.6) is 5.75 Å². The van der Waals surface area contributed by atoms with Crippen molar-refractivity contribution in [2.24, 2.45) is 0 Å². The predicted molar refractivity (Wildman–Crippen MR) is 121 cm³/mol. The lowest BCUT2D eigenvalue weighted by atomic mass is 10.1. The Labute approximate surface area is 189 Å². The minimum Gasteiger partial charge on any atom is -0.496 e. The van der Waals surface area contributed by atoms with Crippen LogP contribution in [0.4, 0.5) is 0 Å².